The SMILES string of the molecule is CC1(C)OC[C@@H](COc2ccc(CCCC(/C=N/[S+]([O-])C(C)(C)C)N[S+]([O-])C(C)(C)C)cc2)O1. The smallest absolute Gasteiger partial charge is 0.163 e. The third-order valence-electron chi connectivity index (χ3n) is 5.08. The van der Waals surface area contributed by atoms with Crippen molar-refractivity contribution < 1.29 is 23.3 Å². The molecule has 3 unspecified atom stereocenters. The van der Waals surface area contributed by atoms with E-state index < -0.39 is 38.0 Å². The minimum absolute atomic E-state index is 0.0629. The number of rotatable bonds is 11. The molecule has 0 saturated carbocycles. The highest BCUT2D eigenvalue weighted by Crippen LogP contribution is 2.23. The van der Waals surface area contributed by atoms with Gasteiger partial charge in [-0.1, -0.05) is 16.5 Å². The number of aryl methyl sites for hydroxylation is 1. The van der Waals surface area contributed by atoms with Gasteiger partial charge in [-0.2, -0.15) is 0 Å². The molecule has 2 rings (SSSR count). The van der Waals surface area contributed by atoms with E-state index >= 15 is 0 Å². The standard InChI is InChI=1S/C25H42N2O5S2/c1-23(2,3)33(28)26-16-20(27-34(29)24(4,5)6)11-9-10-19-12-14-21(15-13-19)30-17-22-18-31-25(7,8)32-22/h12-16,20,22,27H,9-11,17-18H2,1-8H3/b26-16+/t20?,22-,33?,34?/m1/s1. The molecule has 1 aromatic carbocycles. The summed E-state index contributed by atoms with van der Waals surface area (Å²) in [6, 6.07) is 7.84. The molecule has 9 heteroatoms. The molecule has 34 heavy (non-hydrogen) atoms. The van der Waals surface area contributed by atoms with Gasteiger partial charge in [0.1, 0.15) is 39.3 Å². The largest absolute Gasteiger partial charge is 0.598 e. The number of hydrogen-bond donors (Lipinski definition) is 1. The number of nitrogens with one attached hydrogen (secondary N) is 1. The highest BCUT2D eigenvalue weighted by Gasteiger charge is 2.33. The molecular weight excluding hydrogens is 472 g/mol. The Morgan fingerprint density at radius 3 is 2.32 bits per heavy atom. The summed E-state index contributed by atoms with van der Waals surface area (Å²) >= 11 is -2.58. The van der Waals surface area contributed by atoms with Gasteiger partial charge in [-0.25, -0.2) is 0 Å². The van der Waals surface area contributed by atoms with Crippen LogP contribution in [0.15, 0.2) is 28.7 Å². The first kappa shape index (κ1) is 29.4. The Labute approximate surface area is 212 Å². The van der Waals surface area contributed by atoms with Crippen LogP contribution in [0.3, 0.4) is 0 Å². The third kappa shape index (κ3) is 10.4. The monoisotopic (exact) mass is 514 g/mol. The lowest BCUT2D eigenvalue weighted by atomic mass is 10.1. The minimum Gasteiger partial charge on any atom is -0.598 e. The highest BCUT2D eigenvalue weighted by atomic mass is 32.2. The molecule has 194 valence electrons. The molecule has 1 aromatic rings. The Balaban J connectivity index is 1.86. The summed E-state index contributed by atoms with van der Waals surface area (Å²) in [4.78, 5) is 0. The summed E-state index contributed by atoms with van der Waals surface area (Å²) in [5.41, 5.74) is 1.19. The van der Waals surface area contributed by atoms with E-state index in [1.807, 2.05) is 67.5 Å². The van der Waals surface area contributed by atoms with E-state index in [-0.39, 0.29) is 12.1 Å². The average molecular weight is 515 g/mol. The van der Waals surface area contributed by atoms with E-state index in [4.69, 9.17) is 14.2 Å². The van der Waals surface area contributed by atoms with E-state index in [0.717, 1.165) is 25.0 Å². The van der Waals surface area contributed by atoms with Crippen LogP contribution in [0.25, 0.3) is 0 Å². The summed E-state index contributed by atoms with van der Waals surface area (Å²) in [5, 5.41) is 0. The first-order valence-corrected chi connectivity index (χ1v) is 14.1. The maximum absolute atomic E-state index is 12.6. The number of nitrogens with zero attached hydrogens (tertiary/aromatic N) is 1. The highest BCUT2D eigenvalue weighted by molar-refractivity contribution is 7.91. The summed E-state index contributed by atoms with van der Waals surface area (Å²) in [7, 11) is 0. The van der Waals surface area contributed by atoms with Gasteiger partial charge in [-0.15, -0.1) is 4.72 Å². The average Bonchev–Trinajstić information content (AvgIpc) is 3.08. The Hall–Kier alpha value is -0.810. The molecule has 1 aliphatic heterocycles. The molecule has 0 aromatic heterocycles. The Kier molecular flexibility index (Phi) is 10.8. The summed E-state index contributed by atoms with van der Waals surface area (Å²) in [6.45, 7) is 16.2. The third-order valence-corrected chi connectivity index (χ3v) is 8.07. The van der Waals surface area contributed by atoms with E-state index in [1.54, 1.807) is 6.21 Å². The summed E-state index contributed by atoms with van der Waals surface area (Å²) < 4.78 is 48.7. The van der Waals surface area contributed by atoms with Gasteiger partial charge >= 0.3 is 0 Å². The van der Waals surface area contributed by atoms with Gasteiger partial charge in [0, 0.05) is 11.4 Å². The second kappa shape index (κ2) is 12.4. The second-order valence-electron chi connectivity index (χ2n) is 11.0. The van der Waals surface area contributed by atoms with Crippen molar-refractivity contribution in [3.8, 4) is 5.75 Å². The van der Waals surface area contributed by atoms with Crippen LogP contribution in [0.1, 0.15) is 73.8 Å². The predicted octanol–water partition coefficient (Wildman–Crippen LogP) is 4.49. The Bertz CT molecular complexity index is 775. The van der Waals surface area contributed by atoms with E-state index in [1.165, 1.54) is 5.56 Å². The lowest BCUT2D eigenvalue weighted by Crippen LogP contribution is -2.45. The van der Waals surface area contributed by atoms with Crippen molar-refractivity contribution in [1.82, 2.24) is 4.72 Å². The zero-order valence-electron chi connectivity index (χ0n) is 21.9. The van der Waals surface area contributed by atoms with Crippen LogP contribution in [0.5, 0.6) is 5.75 Å². The van der Waals surface area contributed by atoms with Crippen LogP contribution < -0.4 is 9.46 Å². The first-order valence-electron chi connectivity index (χ1n) is 11.8. The van der Waals surface area contributed by atoms with E-state index in [9.17, 15) is 9.11 Å². The normalized spacial score (nSPS) is 21.5. The zero-order valence-corrected chi connectivity index (χ0v) is 23.5. The van der Waals surface area contributed by atoms with Crippen molar-refractivity contribution in [3.05, 3.63) is 29.8 Å². The fourth-order valence-electron chi connectivity index (χ4n) is 3.08. The predicted molar refractivity (Wildman–Crippen MR) is 141 cm³/mol. The van der Waals surface area contributed by atoms with Crippen molar-refractivity contribution in [2.75, 3.05) is 13.2 Å². The molecule has 7 nitrogen and oxygen atoms in total. The van der Waals surface area contributed by atoms with Gasteiger partial charge < -0.3 is 23.3 Å². The van der Waals surface area contributed by atoms with Gasteiger partial charge in [0.15, 0.2) is 5.79 Å². The van der Waals surface area contributed by atoms with Crippen LogP contribution in [0, 0.1) is 0 Å². The molecule has 1 fully saturated rings. The molecule has 0 amide bonds. The summed E-state index contributed by atoms with van der Waals surface area (Å²) in [6.07, 6.45) is 4.07. The van der Waals surface area contributed by atoms with Gasteiger partial charge in [-0.3, -0.25) is 0 Å². The van der Waals surface area contributed by atoms with E-state index in [0.29, 0.717) is 13.2 Å². The van der Waals surface area contributed by atoms with E-state index in [2.05, 4.69) is 21.3 Å². The lowest BCUT2D eigenvalue weighted by Gasteiger charge is -2.26. The topological polar surface area (TPSA) is 98.2 Å². The molecule has 1 heterocycles. The van der Waals surface area contributed by atoms with Gasteiger partial charge in [0.2, 0.25) is 0 Å². The molecule has 1 N–H and O–H groups in total. The molecule has 0 bridgehead atoms. The summed E-state index contributed by atoms with van der Waals surface area (Å²) in [5.74, 6) is 0.255. The van der Waals surface area contributed by atoms with Crippen LogP contribution in [-0.4, -0.2) is 56.0 Å². The minimum atomic E-state index is -1.35. The first-order chi connectivity index (χ1) is 15.7. The number of ether oxygens (including phenoxy) is 3. The fourth-order valence-corrected chi connectivity index (χ4v) is 4.46. The second-order valence-corrected chi connectivity index (χ2v) is 15.0. The lowest BCUT2D eigenvalue weighted by molar-refractivity contribution is -0.141. The van der Waals surface area contributed by atoms with Gasteiger partial charge in [-0.05, 0) is 92.3 Å². The van der Waals surface area contributed by atoms with Gasteiger partial charge in [0.25, 0.3) is 0 Å². The number of benzene rings is 1. The van der Waals surface area contributed by atoms with Crippen LogP contribution in [0.2, 0.25) is 0 Å². The molecule has 1 aliphatic rings. The van der Waals surface area contributed by atoms with Gasteiger partial charge in [0.05, 0.1) is 18.9 Å². The quantitative estimate of drug-likeness (QED) is 0.345. The van der Waals surface area contributed by atoms with Crippen molar-refractivity contribution in [3.63, 3.8) is 0 Å². The maximum atomic E-state index is 12.6. The van der Waals surface area contributed by atoms with Crippen molar-refractivity contribution in [2.45, 2.75) is 102 Å². The van der Waals surface area contributed by atoms with Crippen LogP contribution in [-0.2, 0) is 38.6 Å². The Morgan fingerprint density at radius 2 is 1.79 bits per heavy atom. The molecule has 0 spiro atoms. The molecular formula is C25H42N2O5S2. The van der Waals surface area contributed by atoms with Crippen LogP contribution >= 0.6 is 0 Å². The number of hydrogen-bond acceptors (Lipinski definition) is 7. The fraction of sp³-hybridized carbons (Fsp3) is 0.720. The van der Waals surface area contributed by atoms with Crippen molar-refractivity contribution in [2.24, 2.45) is 4.40 Å². The molecule has 0 radical (unpaired) electrons. The maximum Gasteiger partial charge on any atom is 0.163 e. The molecule has 0 aliphatic carbocycles. The molecule has 4 atom stereocenters. The van der Waals surface area contributed by atoms with Crippen molar-refractivity contribution in [1.29, 1.82) is 0 Å². The molecule has 1 saturated heterocycles. The zero-order chi connectivity index (χ0) is 25.6. The van der Waals surface area contributed by atoms with Crippen molar-refractivity contribution >= 4 is 28.9 Å². The van der Waals surface area contributed by atoms with Crippen LogP contribution in [0.4, 0.5) is 0 Å². The Morgan fingerprint density at radius 1 is 1.15 bits per heavy atom.